The summed E-state index contributed by atoms with van der Waals surface area (Å²) < 4.78 is 45.2. The molecule has 0 saturated heterocycles. The summed E-state index contributed by atoms with van der Waals surface area (Å²) in [5, 5.41) is 2.89. The number of alkyl halides is 3. The van der Waals surface area contributed by atoms with Crippen molar-refractivity contribution >= 4 is 11.8 Å². The van der Waals surface area contributed by atoms with Gasteiger partial charge >= 0.3 is 5.51 Å². The Bertz CT molecular complexity index is 164. The summed E-state index contributed by atoms with van der Waals surface area (Å²) in [5.41, 5.74) is -4.16. The van der Waals surface area contributed by atoms with Crippen molar-refractivity contribution < 1.29 is 22.6 Å². The van der Waals surface area contributed by atoms with Crippen LogP contribution in [-0.2, 0) is 9.47 Å². The van der Waals surface area contributed by atoms with Crippen LogP contribution in [0.25, 0.3) is 0 Å². The largest absolute Gasteiger partial charge is 0.441 e. The Balaban J connectivity index is 3.58. The molecule has 7 heteroatoms. The number of ether oxygens (including phenoxy) is 2. The van der Waals surface area contributed by atoms with Crippen LogP contribution in [0.2, 0.25) is 0 Å². The number of rotatable bonds is 7. The third kappa shape index (κ3) is 7.89. The molecule has 0 saturated carbocycles. The zero-order valence-electron chi connectivity index (χ0n) is 8.93. The molecule has 0 fully saturated rings. The highest BCUT2D eigenvalue weighted by Gasteiger charge is 2.27. The SMILES string of the molecule is COC(OC)C(C)NCCSC(F)(F)F. The van der Waals surface area contributed by atoms with Crippen LogP contribution in [-0.4, -0.2) is 44.4 Å². The van der Waals surface area contributed by atoms with Crippen LogP contribution in [0.15, 0.2) is 0 Å². The fourth-order valence-corrected chi connectivity index (χ4v) is 1.51. The zero-order valence-corrected chi connectivity index (χ0v) is 9.74. The highest BCUT2D eigenvalue weighted by atomic mass is 32.2. The Hall–Kier alpha value is 0.0200. The van der Waals surface area contributed by atoms with E-state index in [-0.39, 0.29) is 30.1 Å². The minimum absolute atomic E-state index is 0.0199. The highest BCUT2D eigenvalue weighted by molar-refractivity contribution is 8.00. The molecule has 0 amide bonds. The van der Waals surface area contributed by atoms with Crippen LogP contribution in [0.1, 0.15) is 6.92 Å². The third-order valence-electron chi connectivity index (χ3n) is 1.71. The van der Waals surface area contributed by atoms with E-state index in [9.17, 15) is 13.2 Å². The summed E-state index contributed by atoms with van der Waals surface area (Å²) in [6.07, 6.45) is -0.444. The maximum atomic E-state index is 11.8. The van der Waals surface area contributed by atoms with Gasteiger partial charge in [-0.15, -0.1) is 0 Å². The fraction of sp³-hybridized carbons (Fsp3) is 1.00. The molecule has 92 valence electrons. The van der Waals surface area contributed by atoms with Gasteiger partial charge < -0.3 is 14.8 Å². The van der Waals surface area contributed by atoms with Crippen molar-refractivity contribution in [2.45, 2.75) is 24.8 Å². The minimum Gasteiger partial charge on any atom is -0.354 e. The predicted octanol–water partition coefficient (Wildman–Crippen LogP) is 1.84. The topological polar surface area (TPSA) is 30.5 Å². The number of hydrogen-bond acceptors (Lipinski definition) is 4. The van der Waals surface area contributed by atoms with Crippen LogP contribution in [0.5, 0.6) is 0 Å². The van der Waals surface area contributed by atoms with Crippen molar-refractivity contribution in [2.24, 2.45) is 0 Å². The van der Waals surface area contributed by atoms with Crippen LogP contribution >= 0.6 is 11.8 Å². The summed E-state index contributed by atoms with van der Waals surface area (Å²) in [4.78, 5) is 0. The molecule has 0 radical (unpaired) electrons. The van der Waals surface area contributed by atoms with Gasteiger partial charge in [-0.2, -0.15) is 13.2 Å². The van der Waals surface area contributed by atoms with Gasteiger partial charge in [-0.1, -0.05) is 0 Å². The molecular weight excluding hydrogens is 231 g/mol. The highest BCUT2D eigenvalue weighted by Crippen LogP contribution is 2.29. The van der Waals surface area contributed by atoms with E-state index in [4.69, 9.17) is 9.47 Å². The van der Waals surface area contributed by atoms with E-state index in [1.54, 1.807) is 6.92 Å². The first-order chi connectivity index (χ1) is 6.90. The second-order valence-corrected chi connectivity index (χ2v) is 4.04. The fourth-order valence-electron chi connectivity index (χ4n) is 1.05. The first-order valence-electron chi connectivity index (χ1n) is 4.40. The van der Waals surface area contributed by atoms with Crippen LogP contribution in [0.4, 0.5) is 13.2 Å². The quantitative estimate of drug-likeness (QED) is 0.549. The maximum Gasteiger partial charge on any atom is 0.441 e. The van der Waals surface area contributed by atoms with Gasteiger partial charge in [0.05, 0.1) is 6.04 Å². The molecule has 0 aromatic carbocycles. The summed E-state index contributed by atoms with van der Waals surface area (Å²) in [6, 6.07) is -0.145. The van der Waals surface area contributed by atoms with Crippen LogP contribution in [0, 0.1) is 0 Å². The summed E-state index contributed by atoms with van der Waals surface area (Å²) in [6.45, 7) is 2.05. The lowest BCUT2D eigenvalue weighted by Crippen LogP contribution is -2.40. The van der Waals surface area contributed by atoms with Gasteiger partial charge in [-0.05, 0) is 18.7 Å². The summed E-state index contributed by atoms with van der Waals surface area (Å²) in [7, 11) is 2.97. The zero-order chi connectivity index (χ0) is 11.9. The molecule has 0 aromatic rings. The van der Waals surface area contributed by atoms with Crippen molar-refractivity contribution in [3.63, 3.8) is 0 Å². The number of nitrogens with one attached hydrogen (secondary N) is 1. The second kappa shape index (κ2) is 7.32. The van der Waals surface area contributed by atoms with Gasteiger partial charge in [0.15, 0.2) is 6.29 Å². The molecule has 1 atom stereocenters. The minimum atomic E-state index is -4.16. The summed E-state index contributed by atoms with van der Waals surface area (Å²) >= 11 is -0.0417. The van der Waals surface area contributed by atoms with E-state index < -0.39 is 11.8 Å². The molecule has 0 heterocycles. The number of hydrogen-bond donors (Lipinski definition) is 1. The molecule has 0 spiro atoms. The molecule has 0 aromatic heterocycles. The third-order valence-corrected chi connectivity index (χ3v) is 2.44. The van der Waals surface area contributed by atoms with Crippen LogP contribution in [0.3, 0.4) is 0 Å². The van der Waals surface area contributed by atoms with Crippen LogP contribution < -0.4 is 5.32 Å². The Labute approximate surface area is 91.7 Å². The van der Waals surface area contributed by atoms with E-state index in [0.717, 1.165) is 0 Å². The maximum absolute atomic E-state index is 11.8. The average molecular weight is 247 g/mol. The van der Waals surface area contributed by atoms with E-state index >= 15 is 0 Å². The average Bonchev–Trinajstić information content (AvgIpc) is 2.13. The lowest BCUT2D eigenvalue weighted by molar-refractivity contribution is -0.119. The molecule has 0 rings (SSSR count). The number of halogens is 3. The lowest BCUT2D eigenvalue weighted by atomic mass is 10.3. The molecule has 0 aliphatic heterocycles. The standard InChI is InChI=1S/C8H16F3NO2S/c1-6(7(13-2)14-3)12-4-5-15-8(9,10)11/h6-7,12H,4-5H2,1-3H3. The molecule has 1 unspecified atom stereocenters. The van der Waals surface area contributed by atoms with Crippen molar-refractivity contribution in [1.29, 1.82) is 0 Å². The van der Waals surface area contributed by atoms with E-state index in [1.807, 2.05) is 0 Å². The van der Waals surface area contributed by atoms with Gasteiger partial charge in [-0.3, -0.25) is 0 Å². The van der Waals surface area contributed by atoms with E-state index in [0.29, 0.717) is 0 Å². The van der Waals surface area contributed by atoms with Gasteiger partial charge in [0.25, 0.3) is 0 Å². The van der Waals surface area contributed by atoms with Gasteiger partial charge in [-0.25, -0.2) is 0 Å². The lowest BCUT2D eigenvalue weighted by Gasteiger charge is -2.22. The smallest absolute Gasteiger partial charge is 0.354 e. The molecular formula is C8H16F3NO2S. The molecule has 0 bridgehead atoms. The first kappa shape index (κ1) is 15.0. The molecule has 15 heavy (non-hydrogen) atoms. The normalized spacial score (nSPS) is 14.6. The number of thioether (sulfide) groups is 1. The molecule has 0 aliphatic rings. The van der Waals surface area contributed by atoms with Gasteiger partial charge in [0, 0.05) is 26.5 Å². The van der Waals surface area contributed by atoms with Crippen molar-refractivity contribution in [3.8, 4) is 0 Å². The number of methoxy groups -OCH3 is 2. The van der Waals surface area contributed by atoms with Crippen molar-refractivity contribution in [1.82, 2.24) is 5.32 Å². The second-order valence-electron chi connectivity index (χ2n) is 2.88. The summed E-state index contributed by atoms with van der Waals surface area (Å²) in [5.74, 6) is -0.0199. The molecule has 0 aliphatic carbocycles. The van der Waals surface area contributed by atoms with Crippen molar-refractivity contribution in [2.75, 3.05) is 26.5 Å². The molecule has 1 N–H and O–H groups in total. The molecule has 3 nitrogen and oxygen atoms in total. The van der Waals surface area contributed by atoms with Gasteiger partial charge in [0.2, 0.25) is 0 Å². The Morgan fingerprint density at radius 3 is 2.20 bits per heavy atom. The van der Waals surface area contributed by atoms with E-state index in [2.05, 4.69) is 5.32 Å². The van der Waals surface area contributed by atoms with Gasteiger partial charge in [0.1, 0.15) is 0 Å². The van der Waals surface area contributed by atoms with E-state index in [1.165, 1.54) is 14.2 Å². The first-order valence-corrected chi connectivity index (χ1v) is 5.39. The van der Waals surface area contributed by atoms with Crippen molar-refractivity contribution in [3.05, 3.63) is 0 Å². The monoisotopic (exact) mass is 247 g/mol. The Morgan fingerprint density at radius 2 is 1.80 bits per heavy atom. The Morgan fingerprint density at radius 1 is 1.27 bits per heavy atom. The Kier molecular flexibility index (Phi) is 7.33. The predicted molar refractivity (Wildman–Crippen MR) is 53.8 cm³/mol.